The number of hydrogen-bond acceptors (Lipinski definition) is 7. The lowest BCUT2D eigenvalue weighted by Crippen LogP contribution is -2.60. The average molecular weight is 734 g/mol. The van der Waals surface area contributed by atoms with E-state index in [1.54, 1.807) is 0 Å². The molecule has 7 fully saturated rings. The van der Waals surface area contributed by atoms with Crippen molar-refractivity contribution < 1.29 is 29.2 Å². The molecule has 0 aromatic rings. The summed E-state index contributed by atoms with van der Waals surface area (Å²) >= 11 is 0. The highest BCUT2D eigenvalue weighted by molar-refractivity contribution is 5.33. The number of hydrogen-bond donors (Lipinski definition) is 2. The average Bonchev–Trinajstić information content (AvgIpc) is 3.72. The van der Waals surface area contributed by atoms with E-state index in [0.717, 1.165) is 51.9 Å². The van der Waals surface area contributed by atoms with Gasteiger partial charge >= 0.3 is 0 Å². The van der Waals surface area contributed by atoms with Crippen LogP contribution < -0.4 is 0 Å². The Hall–Kier alpha value is -1.32. The lowest BCUT2D eigenvalue weighted by Gasteiger charge is -2.64. The second-order valence-corrected chi connectivity index (χ2v) is 20.4. The zero-order valence-electron chi connectivity index (χ0n) is 34.2. The third kappa shape index (κ3) is 5.90. The predicted molar refractivity (Wildman–Crippen MR) is 209 cm³/mol. The Balaban J connectivity index is 0.963. The fourth-order valence-electron chi connectivity index (χ4n) is 14.9. The van der Waals surface area contributed by atoms with Gasteiger partial charge < -0.3 is 29.2 Å². The number of nitrogens with zero attached hydrogens (tertiary/aromatic N) is 1. The second kappa shape index (κ2) is 13.7. The van der Waals surface area contributed by atoms with Crippen molar-refractivity contribution in [2.24, 2.45) is 50.7 Å². The maximum absolute atomic E-state index is 12.7. The molecule has 6 aliphatic carbocycles. The number of fused-ring (bicyclic) bond motifs is 4. The standard InChI is InChI=1S/C46H71NO6/c1-9-50-40(42(5,6)49)32-27-30(2)37-38(52-32)39(48)44(8)34-18-17-33-41(3,4)35(19-21-45(33)29-46(34,45)23-22-43(37,44)7)53-36-28-47(25-26-51-36)24-20-31-15-13-11-10-12-14-16-31/h10-16,30,32-40,48-49H,9,17-29H2,1-8H3. The highest BCUT2D eigenvalue weighted by Crippen LogP contribution is 2.89. The van der Waals surface area contributed by atoms with Crippen LogP contribution >= 0.6 is 0 Å². The van der Waals surface area contributed by atoms with Crippen molar-refractivity contribution in [3.63, 3.8) is 0 Å². The lowest BCUT2D eigenvalue weighted by molar-refractivity contribution is -0.248. The quantitative estimate of drug-likeness (QED) is 0.249. The Morgan fingerprint density at radius 1 is 0.981 bits per heavy atom. The molecule has 0 aromatic heterocycles. The first-order valence-electron chi connectivity index (χ1n) is 21.5. The predicted octanol–water partition coefficient (Wildman–Crippen LogP) is 8.02. The number of morpholine rings is 1. The summed E-state index contributed by atoms with van der Waals surface area (Å²) in [6.07, 6.45) is 23.9. The molecule has 2 spiro atoms. The molecule has 2 aliphatic heterocycles. The SMILES string of the molecule is CCOC(C1CC(C)C2C(O1)C(O)C1(C)C3CCC4C(C)(C)C(OC5CN(CCC6=CC=CC=CC=C6)CCO5)CCC45CC35CCC21C)C(C)(C)O. The molecule has 296 valence electrons. The first-order chi connectivity index (χ1) is 25.1. The van der Waals surface area contributed by atoms with Crippen molar-refractivity contribution in [2.45, 2.75) is 156 Å². The summed E-state index contributed by atoms with van der Waals surface area (Å²) in [5.74, 6) is 1.81. The van der Waals surface area contributed by atoms with Crippen LogP contribution in [0.4, 0.5) is 0 Å². The van der Waals surface area contributed by atoms with Gasteiger partial charge in [0.25, 0.3) is 0 Å². The molecular formula is C46H71NO6. The lowest BCUT2D eigenvalue weighted by atomic mass is 9.41. The zero-order chi connectivity index (χ0) is 37.6. The van der Waals surface area contributed by atoms with E-state index in [0.29, 0.717) is 41.1 Å². The molecule has 5 saturated carbocycles. The summed E-state index contributed by atoms with van der Waals surface area (Å²) in [5.41, 5.74) is 0.850. The van der Waals surface area contributed by atoms with E-state index < -0.39 is 17.8 Å². The van der Waals surface area contributed by atoms with Gasteiger partial charge in [0, 0.05) is 31.7 Å². The summed E-state index contributed by atoms with van der Waals surface area (Å²) in [7, 11) is 0. The molecule has 8 rings (SSSR count). The van der Waals surface area contributed by atoms with Crippen LogP contribution in [0.25, 0.3) is 0 Å². The normalized spacial score (nSPS) is 48.0. The minimum absolute atomic E-state index is 0.0138. The van der Waals surface area contributed by atoms with Gasteiger partial charge in [-0.15, -0.1) is 0 Å². The second-order valence-electron chi connectivity index (χ2n) is 20.4. The van der Waals surface area contributed by atoms with Crippen LogP contribution in [0, 0.1) is 50.7 Å². The van der Waals surface area contributed by atoms with Gasteiger partial charge in [-0.1, -0.05) is 77.2 Å². The van der Waals surface area contributed by atoms with Crippen molar-refractivity contribution in [3.05, 3.63) is 48.1 Å². The molecule has 53 heavy (non-hydrogen) atoms. The number of rotatable bonds is 9. The topological polar surface area (TPSA) is 80.6 Å². The van der Waals surface area contributed by atoms with Gasteiger partial charge in [0.05, 0.1) is 36.6 Å². The molecule has 0 amide bonds. The number of ether oxygens (including phenoxy) is 4. The van der Waals surface area contributed by atoms with Crippen molar-refractivity contribution >= 4 is 0 Å². The summed E-state index contributed by atoms with van der Waals surface area (Å²) in [4.78, 5) is 2.53. The van der Waals surface area contributed by atoms with Crippen molar-refractivity contribution in [3.8, 4) is 0 Å². The van der Waals surface area contributed by atoms with Gasteiger partial charge in [0.1, 0.15) is 6.10 Å². The van der Waals surface area contributed by atoms with E-state index in [4.69, 9.17) is 18.9 Å². The minimum atomic E-state index is -1.02. The van der Waals surface area contributed by atoms with Crippen molar-refractivity contribution in [1.29, 1.82) is 0 Å². The van der Waals surface area contributed by atoms with Gasteiger partial charge in [-0.3, -0.25) is 4.90 Å². The van der Waals surface area contributed by atoms with Crippen LogP contribution in [0.3, 0.4) is 0 Å². The fourth-order valence-corrected chi connectivity index (χ4v) is 14.9. The van der Waals surface area contributed by atoms with Crippen LogP contribution in [0.5, 0.6) is 0 Å². The molecule has 2 N–H and O–H groups in total. The summed E-state index contributed by atoms with van der Waals surface area (Å²) in [6, 6.07) is 0. The van der Waals surface area contributed by atoms with Gasteiger partial charge in [-0.2, -0.15) is 0 Å². The highest BCUT2D eigenvalue weighted by atomic mass is 16.7. The molecule has 14 unspecified atom stereocenters. The smallest absolute Gasteiger partial charge is 0.170 e. The van der Waals surface area contributed by atoms with E-state index in [2.05, 4.69) is 82.1 Å². The molecule has 2 saturated heterocycles. The molecule has 0 radical (unpaired) electrons. The monoisotopic (exact) mass is 734 g/mol. The number of allylic oxidation sites excluding steroid dienone is 7. The fraction of sp³-hybridized carbons (Fsp3) is 0.826. The van der Waals surface area contributed by atoms with E-state index in [9.17, 15) is 10.2 Å². The molecular weight excluding hydrogens is 663 g/mol. The molecule has 0 aromatic carbocycles. The van der Waals surface area contributed by atoms with E-state index >= 15 is 0 Å². The van der Waals surface area contributed by atoms with Crippen LogP contribution in [-0.4, -0.2) is 90.4 Å². The Labute approximate surface area is 320 Å². The van der Waals surface area contributed by atoms with Crippen LogP contribution in [0.2, 0.25) is 0 Å². The molecule has 14 atom stereocenters. The summed E-state index contributed by atoms with van der Waals surface area (Å²) < 4.78 is 26.5. The van der Waals surface area contributed by atoms with Crippen molar-refractivity contribution in [1.82, 2.24) is 4.90 Å². The van der Waals surface area contributed by atoms with Crippen LogP contribution in [0.1, 0.15) is 113 Å². The summed E-state index contributed by atoms with van der Waals surface area (Å²) in [6.45, 7) is 22.1. The zero-order valence-corrected chi connectivity index (χ0v) is 34.2. The van der Waals surface area contributed by atoms with Crippen molar-refractivity contribution in [2.75, 3.05) is 32.8 Å². The molecule has 2 heterocycles. The van der Waals surface area contributed by atoms with E-state index in [-0.39, 0.29) is 40.8 Å². The largest absolute Gasteiger partial charge is 0.390 e. The Kier molecular flexibility index (Phi) is 9.94. The van der Waals surface area contributed by atoms with Gasteiger partial charge in [0.15, 0.2) is 6.29 Å². The third-order valence-electron chi connectivity index (χ3n) is 17.4. The first kappa shape index (κ1) is 38.5. The van der Waals surface area contributed by atoms with Crippen LogP contribution in [0.15, 0.2) is 48.1 Å². The Morgan fingerprint density at radius 2 is 1.72 bits per heavy atom. The third-order valence-corrected chi connectivity index (χ3v) is 17.4. The van der Waals surface area contributed by atoms with Gasteiger partial charge in [-0.05, 0) is 129 Å². The number of aliphatic hydroxyl groups is 2. The maximum atomic E-state index is 12.7. The Bertz CT molecular complexity index is 1490. The van der Waals surface area contributed by atoms with Crippen LogP contribution in [-0.2, 0) is 18.9 Å². The molecule has 0 bridgehead atoms. The maximum Gasteiger partial charge on any atom is 0.170 e. The van der Waals surface area contributed by atoms with E-state index in [1.165, 1.54) is 37.7 Å². The summed E-state index contributed by atoms with van der Waals surface area (Å²) in [5, 5.41) is 23.8. The highest BCUT2D eigenvalue weighted by Gasteiger charge is 2.84. The number of aliphatic hydroxyl groups excluding tert-OH is 1. The first-order valence-corrected chi connectivity index (χ1v) is 21.5. The molecule has 8 aliphatic rings. The molecule has 7 heteroatoms. The molecule has 7 nitrogen and oxygen atoms in total. The van der Waals surface area contributed by atoms with E-state index in [1.807, 2.05) is 20.8 Å². The Morgan fingerprint density at radius 3 is 2.49 bits per heavy atom. The minimum Gasteiger partial charge on any atom is -0.390 e. The van der Waals surface area contributed by atoms with Gasteiger partial charge in [-0.25, -0.2) is 0 Å². The van der Waals surface area contributed by atoms with Gasteiger partial charge in [0.2, 0.25) is 0 Å².